The normalized spacial score (nSPS) is 15.3. The Morgan fingerprint density at radius 2 is 1.90 bits per heavy atom. The zero-order valence-electron chi connectivity index (χ0n) is 7.28. The second-order valence-corrected chi connectivity index (χ2v) is 4.42. The first-order valence-electron chi connectivity index (χ1n) is 3.58. The highest BCUT2D eigenvalue weighted by molar-refractivity contribution is 9.09. The molecule has 0 N–H and O–H groups in total. The van der Waals surface area contributed by atoms with E-state index in [2.05, 4.69) is 36.7 Å². The molecule has 1 unspecified atom stereocenters. The molecule has 0 saturated carbocycles. The molecule has 0 rings (SSSR count). The third-order valence-corrected chi connectivity index (χ3v) is 2.07. The highest BCUT2D eigenvalue weighted by Crippen LogP contribution is 2.22. The molecular formula is C8H17BrO. The van der Waals surface area contributed by atoms with Gasteiger partial charge >= 0.3 is 0 Å². The molecule has 0 aliphatic heterocycles. The van der Waals surface area contributed by atoms with E-state index in [9.17, 15) is 0 Å². The summed E-state index contributed by atoms with van der Waals surface area (Å²) in [6.07, 6.45) is 1.47. The number of halogens is 1. The van der Waals surface area contributed by atoms with Gasteiger partial charge in [0.25, 0.3) is 0 Å². The standard InChI is InChI=1S/C8H17BrO/c1-8(2,3)5-7(6-9)10-4/h7H,5-6H2,1-4H3. The summed E-state index contributed by atoms with van der Waals surface area (Å²) < 4.78 is 5.23. The quantitative estimate of drug-likeness (QED) is 0.649. The minimum atomic E-state index is 0.361. The molecule has 0 heterocycles. The van der Waals surface area contributed by atoms with Crippen molar-refractivity contribution in [1.82, 2.24) is 0 Å². The lowest BCUT2D eigenvalue weighted by molar-refractivity contribution is 0.0850. The van der Waals surface area contributed by atoms with Crippen molar-refractivity contribution in [1.29, 1.82) is 0 Å². The molecular weight excluding hydrogens is 192 g/mol. The Bertz CT molecular complexity index is 81.7. The molecule has 0 bridgehead atoms. The molecule has 2 heteroatoms. The van der Waals surface area contributed by atoms with Crippen molar-refractivity contribution in [2.75, 3.05) is 12.4 Å². The first kappa shape index (κ1) is 10.4. The fourth-order valence-electron chi connectivity index (χ4n) is 0.884. The van der Waals surface area contributed by atoms with Crippen molar-refractivity contribution >= 4 is 15.9 Å². The zero-order chi connectivity index (χ0) is 8.20. The molecule has 62 valence electrons. The van der Waals surface area contributed by atoms with Gasteiger partial charge in [0, 0.05) is 12.4 Å². The van der Waals surface area contributed by atoms with Crippen LogP contribution in [0.25, 0.3) is 0 Å². The summed E-state index contributed by atoms with van der Waals surface area (Å²) in [6.45, 7) is 6.67. The zero-order valence-corrected chi connectivity index (χ0v) is 8.86. The van der Waals surface area contributed by atoms with Crippen LogP contribution in [0.2, 0.25) is 0 Å². The predicted molar refractivity (Wildman–Crippen MR) is 48.7 cm³/mol. The molecule has 0 fully saturated rings. The number of alkyl halides is 1. The number of ether oxygens (including phenoxy) is 1. The van der Waals surface area contributed by atoms with Gasteiger partial charge in [-0.1, -0.05) is 36.7 Å². The molecule has 0 amide bonds. The first-order valence-corrected chi connectivity index (χ1v) is 4.70. The maximum atomic E-state index is 5.23. The van der Waals surface area contributed by atoms with Crippen molar-refractivity contribution in [2.45, 2.75) is 33.3 Å². The lowest BCUT2D eigenvalue weighted by Crippen LogP contribution is -2.20. The summed E-state index contributed by atoms with van der Waals surface area (Å²) in [6, 6.07) is 0. The van der Waals surface area contributed by atoms with Crippen LogP contribution in [-0.2, 0) is 4.74 Å². The van der Waals surface area contributed by atoms with Crippen molar-refractivity contribution in [3.8, 4) is 0 Å². The van der Waals surface area contributed by atoms with Gasteiger partial charge in [0.05, 0.1) is 6.10 Å². The van der Waals surface area contributed by atoms with Gasteiger partial charge in [-0.15, -0.1) is 0 Å². The van der Waals surface area contributed by atoms with Gasteiger partial charge in [-0.2, -0.15) is 0 Å². The molecule has 0 aliphatic rings. The number of rotatable bonds is 3. The third kappa shape index (κ3) is 5.24. The molecule has 0 spiro atoms. The molecule has 0 aliphatic carbocycles. The van der Waals surface area contributed by atoms with Gasteiger partial charge in [0.15, 0.2) is 0 Å². The Morgan fingerprint density at radius 1 is 1.40 bits per heavy atom. The van der Waals surface area contributed by atoms with Crippen LogP contribution in [0.1, 0.15) is 27.2 Å². The van der Waals surface area contributed by atoms with Gasteiger partial charge in [-0.25, -0.2) is 0 Å². The number of methoxy groups -OCH3 is 1. The Hall–Kier alpha value is 0.440. The summed E-state index contributed by atoms with van der Waals surface area (Å²) in [5, 5.41) is 0.931. The molecule has 0 aromatic heterocycles. The van der Waals surface area contributed by atoms with E-state index >= 15 is 0 Å². The second kappa shape index (κ2) is 4.35. The fourth-order valence-corrected chi connectivity index (χ4v) is 1.38. The second-order valence-electron chi connectivity index (χ2n) is 3.78. The lowest BCUT2D eigenvalue weighted by Gasteiger charge is -2.23. The van der Waals surface area contributed by atoms with Crippen LogP contribution in [0.5, 0.6) is 0 Å². The summed E-state index contributed by atoms with van der Waals surface area (Å²) in [5.41, 5.74) is 0.369. The molecule has 0 aromatic carbocycles. The summed E-state index contributed by atoms with van der Waals surface area (Å²) in [4.78, 5) is 0. The van der Waals surface area contributed by atoms with E-state index in [1.165, 1.54) is 0 Å². The smallest absolute Gasteiger partial charge is 0.0673 e. The van der Waals surface area contributed by atoms with E-state index in [-0.39, 0.29) is 0 Å². The van der Waals surface area contributed by atoms with E-state index in [4.69, 9.17) is 4.74 Å². The molecule has 10 heavy (non-hydrogen) atoms. The van der Waals surface area contributed by atoms with Gasteiger partial charge in [-0.3, -0.25) is 0 Å². The predicted octanol–water partition coefficient (Wildman–Crippen LogP) is 2.83. The van der Waals surface area contributed by atoms with E-state index in [0.29, 0.717) is 11.5 Å². The van der Waals surface area contributed by atoms with Crippen molar-refractivity contribution in [3.63, 3.8) is 0 Å². The molecule has 1 nitrogen and oxygen atoms in total. The number of hydrogen-bond acceptors (Lipinski definition) is 1. The Balaban J connectivity index is 3.63. The summed E-state index contributed by atoms with van der Waals surface area (Å²) >= 11 is 3.40. The van der Waals surface area contributed by atoms with Crippen LogP contribution in [0.15, 0.2) is 0 Å². The Kier molecular flexibility index (Phi) is 4.54. The van der Waals surface area contributed by atoms with Gasteiger partial charge < -0.3 is 4.74 Å². The minimum absolute atomic E-state index is 0.361. The van der Waals surface area contributed by atoms with Crippen LogP contribution >= 0.6 is 15.9 Å². The van der Waals surface area contributed by atoms with E-state index in [1.54, 1.807) is 7.11 Å². The van der Waals surface area contributed by atoms with Gasteiger partial charge in [0.2, 0.25) is 0 Å². The Morgan fingerprint density at radius 3 is 2.00 bits per heavy atom. The van der Waals surface area contributed by atoms with Crippen molar-refractivity contribution in [3.05, 3.63) is 0 Å². The van der Waals surface area contributed by atoms with Crippen molar-refractivity contribution < 1.29 is 4.74 Å². The molecule has 0 aromatic rings. The third-order valence-electron chi connectivity index (χ3n) is 1.35. The van der Waals surface area contributed by atoms with E-state index in [1.807, 2.05) is 0 Å². The van der Waals surface area contributed by atoms with Gasteiger partial charge in [0.1, 0.15) is 0 Å². The average molecular weight is 209 g/mol. The van der Waals surface area contributed by atoms with Crippen LogP contribution in [0, 0.1) is 5.41 Å². The van der Waals surface area contributed by atoms with Crippen LogP contribution in [0.3, 0.4) is 0 Å². The van der Waals surface area contributed by atoms with E-state index < -0.39 is 0 Å². The maximum absolute atomic E-state index is 5.23. The minimum Gasteiger partial charge on any atom is -0.381 e. The van der Waals surface area contributed by atoms with Gasteiger partial charge in [-0.05, 0) is 11.8 Å². The Labute approximate surface area is 72.3 Å². The fraction of sp³-hybridized carbons (Fsp3) is 1.00. The van der Waals surface area contributed by atoms with Crippen LogP contribution in [-0.4, -0.2) is 18.5 Å². The number of hydrogen-bond donors (Lipinski definition) is 0. The largest absolute Gasteiger partial charge is 0.381 e. The average Bonchev–Trinajstić information content (AvgIpc) is 1.81. The molecule has 0 radical (unpaired) electrons. The maximum Gasteiger partial charge on any atom is 0.0673 e. The van der Waals surface area contributed by atoms with Crippen LogP contribution < -0.4 is 0 Å². The topological polar surface area (TPSA) is 9.23 Å². The first-order chi connectivity index (χ1) is 4.49. The summed E-state index contributed by atoms with van der Waals surface area (Å²) in [5.74, 6) is 0. The molecule has 1 atom stereocenters. The SMILES string of the molecule is COC(CBr)CC(C)(C)C. The van der Waals surface area contributed by atoms with E-state index in [0.717, 1.165) is 11.8 Å². The molecule has 0 saturated heterocycles. The monoisotopic (exact) mass is 208 g/mol. The summed E-state index contributed by atoms with van der Waals surface area (Å²) in [7, 11) is 1.76. The highest BCUT2D eigenvalue weighted by Gasteiger charge is 2.16. The lowest BCUT2D eigenvalue weighted by atomic mass is 9.90. The highest BCUT2D eigenvalue weighted by atomic mass is 79.9. The van der Waals surface area contributed by atoms with Crippen molar-refractivity contribution in [2.24, 2.45) is 5.41 Å². The van der Waals surface area contributed by atoms with Crippen LogP contribution in [0.4, 0.5) is 0 Å².